The van der Waals surface area contributed by atoms with Crippen molar-refractivity contribution >= 4 is 7.82 Å². The normalized spacial score (nSPS) is 21.7. The number of hydrogen-bond donors (Lipinski definition) is 3. The van der Waals surface area contributed by atoms with Gasteiger partial charge in [-0.3, -0.25) is 23.8 Å². The molecule has 1 aromatic heterocycles. The standard InChI is InChI=1S/C23H32FN2O8P/c1-2-3-4-5-6-7-8-16-9-11-17(12-10-16)34-35(30,31)32-15-20-19(27)13-21(33-20)26-14-18(24)22(28)25-23(26)29/h9-12,14,19-21,27H,2-8,13,15H2,1H3,(H,30,31)(H,25,28,29)/t19-,20+,21+/m0/s1. The van der Waals surface area contributed by atoms with Crippen molar-refractivity contribution in [1.82, 2.24) is 9.55 Å². The molecule has 3 N–H and O–H groups in total. The molecule has 0 saturated carbocycles. The Bertz CT molecular complexity index is 1120. The maximum Gasteiger partial charge on any atom is 0.527 e. The van der Waals surface area contributed by atoms with Crippen molar-refractivity contribution in [2.75, 3.05) is 6.61 Å². The summed E-state index contributed by atoms with van der Waals surface area (Å²) < 4.78 is 42.2. The van der Waals surface area contributed by atoms with Crippen LogP contribution >= 0.6 is 7.82 Å². The van der Waals surface area contributed by atoms with Crippen molar-refractivity contribution in [3.63, 3.8) is 0 Å². The number of nitrogens with zero attached hydrogens (tertiary/aromatic N) is 1. The molecule has 1 aromatic carbocycles. The van der Waals surface area contributed by atoms with Gasteiger partial charge in [0.15, 0.2) is 0 Å². The molecule has 3 rings (SSSR count). The van der Waals surface area contributed by atoms with Gasteiger partial charge in [-0.15, -0.1) is 0 Å². The van der Waals surface area contributed by atoms with Gasteiger partial charge in [0.25, 0.3) is 5.56 Å². The molecule has 1 aliphatic heterocycles. The fraction of sp³-hybridized carbons (Fsp3) is 0.565. The van der Waals surface area contributed by atoms with Gasteiger partial charge < -0.3 is 14.4 Å². The molecular weight excluding hydrogens is 482 g/mol. The maximum atomic E-state index is 13.5. The number of phosphoric acid groups is 1. The van der Waals surface area contributed by atoms with Crippen molar-refractivity contribution in [2.45, 2.75) is 76.7 Å². The Morgan fingerprint density at radius 1 is 1.17 bits per heavy atom. The van der Waals surface area contributed by atoms with Gasteiger partial charge in [0.2, 0.25) is 5.82 Å². The maximum absolute atomic E-state index is 13.5. The number of rotatable bonds is 13. The number of benzene rings is 1. The molecule has 1 aliphatic rings. The summed E-state index contributed by atoms with van der Waals surface area (Å²) in [7, 11) is -4.53. The quantitative estimate of drug-likeness (QED) is 0.273. The van der Waals surface area contributed by atoms with Crippen LogP contribution in [-0.4, -0.2) is 38.4 Å². The number of H-pyrrole nitrogens is 1. The molecule has 4 atom stereocenters. The summed E-state index contributed by atoms with van der Waals surface area (Å²) in [4.78, 5) is 34.9. The Morgan fingerprint density at radius 3 is 2.57 bits per heavy atom. The minimum atomic E-state index is -4.53. The van der Waals surface area contributed by atoms with E-state index in [1.54, 1.807) is 17.1 Å². The zero-order valence-corrected chi connectivity index (χ0v) is 20.5. The monoisotopic (exact) mass is 514 g/mol. The lowest BCUT2D eigenvalue weighted by Crippen LogP contribution is -2.34. The Morgan fingerprint density at radius 2 is 1.86 bits per heavy atom. The topological polar surface area (TPSA) is 140 Å². The zero-order valence-electron chi connectivity index (χ0n) is 19.6. The van der Waals surface area contributed by atoms with E-state index in [0.717, 1.165) is 23.0 Å². The fourth-order valence-corrected chi connectivity index (χ4v) is 4.64. The molecule has 0 spiro atoms. The molecule has 35 heavy (non-hydrogen) atoms. The van der Waals surface area contributed by atoms with Gasteiger partial charge in [-0.25, -0.2) is 9.36 Å². The van der Waals surface area contributed by atoms with Gasteiger partial charge in [0.1, 0.15) is 18.1 Å². The molecule has 12 heteroatoms. The molecule has 0 amide bonds. The summed E-state index contributed by atoms with van der Waals surface area (Å²) >= 11 is 0. The SMILES string of the molecule is CCCCCCCCc1ccc(OP(=O)(O)OC[C@H]2O[C@@H](n3cc(F)c(=O)[nH]c3=O)C[C@@H]2O)cc1. The van der Waals surface area contributed by atoms with Gasteiger partial charge in [-0.2, -0.15) is 4.39 Å². The number of unbranched alkanes of at least 4 members (excludes halogenated alkanes) is 5. The number of ether oxygens (including phenoxy) is 1. The van der Waals surface area contributed by atoms with Gasteiger partial charge in [-0.1, -0.05) is 51.2 Å². The second-order valence-electron chi connectivity index (χ2n) is 8.59. The van der Waals surface area contributed by atoms with Gasteiger partial charge in [-0.05, 0) is 30.5 Å². The van der Waals surface area contributed by atoms with Crippen LogP contribution in [0.5, 0.6) is 5.75 Å². The van der Waals surface area contributed by atoms with E-state index < -0.39 is 49.9 Å². The molecule has 0 bridgehead atoms. The highest BCUT2D eigenvalue weighted by atomic mass is 31.2. The summed E-state index contributed by atoms with van der Waals surface area (Å²) in [6.07, 6.45) is 5.35. The number of aromatic nitrogens is 2. The number of aromatic amines is 1. The molecule has 0 aliphatic carbocycles. The fourth-order valence-electron chi connectivity index (χ4n) is 3.86. The highest BCUT2D eigenvalue weighted by molar-refractivity contribution is 7.47. The molecule has 1 saturated heterocycles. The van der Waals surface area contributed by atoms with Crippen LogP contribution in [-0.2, 0) is 20.2 Å². The third-order valence-corrected chi connectivity index (χ3v) is 6.72. The average molecular weight is 514 g/mol. The number of nitrogens with one attached hydrogen (secondary N) is 1. The predicted molar refractivity (Wildman–Crippen MR) is 126 cm³/mol. The van der Waals surface area contributed by atoms with Crippen LogP contribution in [0.4, 0.5) is 4.39 Å². The number of aliphatic hydroxyl groups excluding tert-OH is 1. The van der Waals surface area contributed by atoms with Gasteiger partial charge in [0.05, 0.1) is 18.9 Å². The highest BCUT2D eigenvalue weighted by Crippen LogP contribution is 2.44. The third kappa shape index (κ3) is 8.12. The molecule has 1 unspecified atom stereocenters. The second kappa shape index (κ2) is 12.6. The van der Waals surface area contributed by atoms with Crippen LogP contribution in [0.15, 0.2) is 40.1 Å². The molecule has 2 aromatic rings. The van der Waals surface area contributed by atoms with E-state index in [2.05, 4.69) is 6.92 Å². The first-order chi connectivity index (χ1) is 16.7. The Labute approximate surface area is 202 Å². The number of hydrogen-bond acceptors (Lipinski definition) is 7. The predicted octanol–water partition coefficient (Wildman–Crippen LogP) is 3.42. The van der Waals surface area contributed by atoms with Crippen molar-refractivity contribution in [3.8, 4) is 5.75 Å². The third-order valence-electron chi connectivity index (χ3n) is 5.80. The number of halogens is 1. The molecule has 2 heterocycles. The van der Waals surface area contributed by atoms with E-state index in [1.807, 2.05) is 12.1 Å². The Hall–Kier alpha value is -2.30. The first-order valence-electron chi connectivity index (χ1n) is 11.8. The Balaban J connectivity index is 1.47. The lowest BCUT2D eigenvalue weighted by molar-refractivity contribution is -0.0449. The van der Waals surface area contributed by atoms with Crippen LogP contribution in [0.1, 0.15) is 63.7 Å². The van der Waals surface area contributed by atoms with Crippen LogP contribution in [0, 0.1) is 5.82 Å². The van der Waals surface area contributed by atoms with E-state index >= 15 is 0 Å². The summed E-state index contributed by atoms with van der Waals surface area (Å²) in [6, 6.07) is 6.84. The van der Waals surface area contributed by atoms with Gasteiger partial charge >= 0.3 is 13.5 Å². The van der Waals surface area contributed by atoms with Crippen LogP contribution < -0.4 is 15.8 Å². The lowest BCUT2D eigenvalue weighted by atomic mass is 10.1. The molecule has 10 nitrogen and oxygen atoms in total. The molecule has 0 radical (unpaired) electrons. The van der Waals surface area contributed by atoms with E-state index in [0.29, 0.717) is 6.20 Å². The molecule has 194 valence electrons. The number of phosphoric ester groups is 1. The second-order valence-corrected chi connectivity index (χ2v) is 9.97. The van der Waals surface area contributed by atoms with Crippen molar-refractivity contribution in [1.29, 1.82) is 0 Å². The lowest BCUT2D eigenvalue weighted by Gasteiger charge is -2.18. The molecule has 1 fully saturated rings. The molecular formula is C23H32FN2O8P. The highest BCUT2D eigenvalue weighted by Gasteiger charge is 2.38. The minimum Gasteiger partial charge on any atom is -0.404 e. The summed E-state index contributed by atoms with van der Waals surface area (Å²) in [5.74, 6) is -1.03. The van der Waals surface area contributed by atoms with Crippen LogP contribution in [0.2, 0.25) is 0 Å². The van der Waals surface area contributed by atoms with E-state index in [9.17, 15) is 28.5 Å². The van der Waals surface area contributed by atoms with Crippen molar-refractivity contribution in [2.24, 2.45) is 0 Å². The summed E-state index contributed by atoms with van der Waals surface area (Å²) in [5, 5.41) is 10.2. The number of aryl methyl sites for hydroxylation is 1. The first-order valence-corrected chi connectivity index (χ1v) is 13.3. The van der Waals surface area contributed by atoms with Crippen LogP contribution in [0.3, 0.4) is 0 Å². The largest absolute Gasteiger partial charge is 0.527 e. The van der Waals surface area contributed by atoms with Crippen molar-refractivity contribution < 1.29 is 32.7 Å². The van der Waals surface area contributed by atoms with Crippen LogP contribution in [0.25, 0.3) is 0 Å². The first kappa shape index (κ1) is 27.3. The smallest absolute Gasteiger partial charge is 0.404 e. The average Bonchev–Trinajstić information content (AvgIpc) is 3.18. The minimum absolute atomic E-state index is 0.115. The summed E-state index contributed by atoms with van der Waals surface area (Å²) in [5.41, 5.74) is -0.978. The van der Waals surface area contributed by atoms with E-state index in [-0.39, 0.29) is 12.2 Å². The Kier molecular flexibility index (Phi) is 9.82. The van der Waals surface area contributed by atoms with Gasteiger partial charge in [0, 0.05) is 6.42 Å². The van der Waals surface area contributed by atoms with Crippen molar-refractivity contribution in [3.05, 3.63) is 62.7 Å². The zero-order chi connectivity index (χ0) is 25.4. The summed E-state index contributed by atoms with van der Waals surface area (Å²) in [6.45, 7) is 1.67. The van der Waals surface area contributed by atoms with E-state index in [4.69, 9.17) is 13.8 Å². The van der Waals surface area contributed by atoms with E-state index in [1.165, 1.54) is 32.1 Å². The number of aliphatic hydroxyl groups is 1.